The molecule has 0 aliphatic carbocycles. The molecule has 3 aromatic rings. The SMILES string of the molecule is COC(=O)c1ccc2nnc(-c3cc(I)ccc3Br)n2c1. The van der Waals surface area contributed by atoms with E-state index in [2.05, 4.69) is 48.7 Å². The molecule has 2 aromatic heterocycles. The van der Waals surface area contributed by atoms with Gasteiger partial charge in [0.15, 0.2) is 11.5 Å². The van der Waals surface area contributed by atoms with Gasteiger partial charge in [0.1, 0.15) is 0 Å². The first kappa shape index (κ1) is 14.5. The lowest BCUT2D eigenvalue weighted by Crippen LogP contribution is -2.03. The minimum Gasteiger partial charge on any atom is -0.465 e. The van der Waals surface area contributed by atoms with Crippen molar-refractivity contribution >= 4 is 50.1 Å². The molecule has 0 fully saturated rings. The Morgan fingerprint density at radius 2 is 2.10 bits per heavy atom. The number of carbonyl (C=O) groups is 1. The molecule has 0 N–H and O–H groups in total. The van der Waals surface area contributed by atoms with E-state index in [1.54, 1.807) is 22.7 Å². The quantitative estimate of drug-likeness (QED) is 0.436. The van der Waals surface area contributed by atoms with Crippen molar-refractivity contribution in [3.8, 4) is 11.4 Å². The molecule has 0 bridgehead atoms. The van der Waals surface area contributed by atoms with E-state index < -0.39 is 5.97 Å². The average molecular weight is 458 g/mol. The van der Waals surface area contributed by atoms with E-state index in [1.165, 1.54) is 7.11 Å². The number of benzene rings is 1. The van der Waals surface area contributed by atoms with Crippen LogP contribution in [0.15, 0.2) is 41.0 Å². The summed E-state index contributed by atoms with van der Waals surface area (Å²) < 4.78 is 8.53. The maximum Gasteiger partial charge on any atom is 0.339 e. The summed E-state index contributed by atoms with van der Waals surface area (Å²) in [5.74, 6) is 0.277. The first-order valence-electron chi connectivity index (χ1n) is 5.98. The molecule has 5 nitrogen and oxygen atoms in total. The number of carbonyl (C=O) groups excluding carboxylic acids is 1. The molecule has 3 rings (SSSR count). The zero-order valence-corrected chi connectivity index (χ0v) is 14.6. The van der Waals surface area contributed by atoms with Crippen molar-refractivity contribution in [3.05, 3.63) is 50.1 Å². The third-order valence-corrected chi connectivity index (χ3v) is 4.36. The summed E-state index contributed by atoms with van der Waals surface area (Å²) in [7, 11) is 1.36. The fourth-order valence-electron chi connectivity index (χ4n) is 1.98. The number of pyridine rings is 1. The Morgan fingerprint density at radius 3 is 2.86 bits per heavy atom. The van der Waals surface area contributed by atoms with E-state index >= 15 is 0 Å². The molecule has 0 atom stereocenters. The van der Waals surface area contributed by atoms with Crippen molar-refractivity contribution in [3.63, 3.8) is 0 Å². The number of methoxy groups -OCH3 is 1. The number of halogens is 2. The van der Waals surface area contributed by atoms with Gasteiger partial charge in [0.2, 0.25) is 0 Å². The summed E-state index contributed by atoms with van der Waals surface area (Å²) in [6.07, 6.45) is 1.68. The van der Waals surface area contributed by atoms with Gasteiger partial charge in [-0.3, -0.25) is 4.40 Å². The maximum absolute atomic E-state index is 11.7. The van der Waals surface area contributed by atoms with Gasteiger partial charge in [-0.1, -0.05) is 15.9 Å². The zero-order chi connectivity index (χ0) is 15.0. The Balaban J connectivity index is 2.23. The van der Waals surface area contributed by atoms with Crippen molar-refractivity contribution in [1.82, 2.24) is 14.6 Å². The molecular weight excluding hydrogens is 449 g/mol. The maximum atomic E-state index is 11.7. The minimum absolute atomic E-state index is 0.391. The number of esters is 1. The molecule has 21 heavy (non-hydrogen) atoms. The van der Waals surface area contributed by atoms with Crippen molar-refractivity contribution in [2.24, 2.45) is 0 Å². The molecule has 0 radical (unpaired) electrons. The van der Waals surface area contributed by atoms with Gasteiger partial charge in [-0.15, -0.1) is 10.2 Å². The van der Waals surface area contributed by atoms with Crippen LogP contribution >= 0.6 is 38.5 Å². The number of rotatable bonds is 2. The lowest BCUT2D eigenvalue weighted by atomic mass is 10.2. The van der Waals surface area contributed by atoms with E-state index in [4.69, 9.17) is 4.74 Å². The third-order valence-electron chi connectivity index (χ3n) is 2.99. The average Bonchev–Trinajstić information content (AvgIpc) is 2.91. The number of fused-ring (bicyclic) bond motifs is 1. The van der Waals surface area contributed by atoms with Gasteiger partial charge in [-0.05, 0) is 52.9 Å². The Morgan fingerprint density at radius 1 is 1.29 bits per heavy atom. The molecular formula is C14H9BrIN3O2. The van der Waals surface area contributed by atoms with Gasteiger partial charge < -0.3 is 4.74 Å². The second kappa shape index (κ2) is 5.72. The monoisotopic (exact) mass is 457 g/mol. The third kappa shape index (κ3) is 2.67. The van der Waals surface area contributed by atoms with Crippen LogP contribution in [0.2, 0.25) is 0 Å². The highest BCUT2D eigenvalue weighted by Crippen LogP contribution is 2.29. The molecule has 0 saturated carbocycles. The Bertz CT molecular complexity index is 847. The normalized spacial score (nSPS) is 10.8. The second-order valence-electron chi connectivity index (χ2n) is 4.29. The van der Waals surface area contributed by atoms with E-state index in [9.17, 15) is 4.79 Å². The molecule has 0 saturated heterocycles. The molecule has 106 valence electrons. The molecule has 0 spiro atoms. The Kier molecular flexibility index (Phi) is 3.94. The van der Waals surface area contributed by atoms with Crippen molar-refractivity contribution in [2.75, 3.05) is 7.11 Å². The fourth-order valence-corrected chi connectivity index (χ4v) is 2.90. The number of nitrogens with zero attached hydrogens (tertiary/aromatic N) is 3. The van der Waals surface area contributed by atoms with Crippen LogP contribution in [0.25, 0.3) is 17.0 Å². The molecule has 2 heterocycles. The molecule has 0 unspecified atom stereocenters. The fraction of sp³-hybridized carbons (Fsp3) is 0.0714. The van der Waals surface area contributed by atoms with E-state index in [-0.39, 0.29) is 0 Å². The van der Waals surface area contributed by atoms with Crippen molar-refractivity contribution in [2.45, 2.75) is 0 Å². The van der Waals surface area contributed by atoms with Crippen LogP contribution in [0, 0.1) is 3.57 Å². The summed E-state index contributed by atoms with van der Waals surface area (Å²) >= 11 is 5.76. The zero-order valence-electron chi connectivity index (χ0n) is 10.9. The number of hydrogen-bond donors (Lipinski definition) is 0. The first-order valence-corrected chi connectivity index (χ1v) is 7.86. The number of hydrogen-bond acceptors (Lipinski definition) is 4. The van der Waals surface area contributed by atoms with E-state index in [0.29, 0.717) is 17.0 Å². The smallest absolute Gasteiger partial charge is 0.339 e. The number of ether oxygens (including phenoxy) is 1. The van der Waals surface area contributed by atoms with Crippen LogP contribution in [0.4, 0.5) is 0 Å². The van der Waals surface area contributed by atoms with Gasteiger partial charge in [-0.2, -0.15) is 0 Å². The summed E-state index contributed by atoms with van der Waals surface area (Å²) in [6, 6.07) is 9.37. The van der Waals surface area contributed by atoms with Crippen molar-refractivity contribution < 1.29 is 9.53 Å². The summed E-state index contributed by atoms with van der Waals surface area (Å²) in [5.41, 5.74) is 2.03. The predicted octanol–water partition coefficient (Wildman–Crippen LogP) is 3.55. The predicted molar refractivity (Wildman–Crippen MR) is 90.2 cm³/mol. The molecule has 0 aliphatic rings. The van der Waals surface area contributed by atoms with Crippen LogP contribution in [0.5, 0.6) is 0 Å². The van der Waals surface area contributed by atoms with E-state index in [1.807, 2.05) is 18.2 Å². The largest absolute Gasteiger partial charge is 0.465 e. The van der Waals surface area contributed by atoms with Crippen LogP contribution < -0.4 is 0 Å². The topological polar surface area (TPSA) is 56.5 Å². The van der Waals surface area contributed by atoms with Gasteiger partial charge in [0.25, 0.3) is 0 Å². The highest BCUT2D eigenvalue weighted by Gasteiger charge is 2.14. The molecule has 7 heteroatoms. The van der Waals surface area contributed by atoms with Crippen molar-refractivity contribution in [1.29, 1.82) is 0 Å². The summed E-state index contributed by atoms with van der Waals surface area (Å²) in [5, 5.41) is 8.35. The highest BCUT2D eigenvalue weighted by atomic mass is 127. The highest BCUT2D eigenvalue weighted by molar-refractivity contribution is 14.1. The van der Waals surface area contributed by atoms with Gasteiger partial charge >= 0.3 is 5.97 Å². The number of aromatic nitrogens is 3. The van der Waals surface area contributed by atoms with Crippen LogP contribution in [0.1, 0.15) is 10.4 Å². The van der Waals surface area contributed by atoms with Crippen LogP contribution in [0.3, 0.4) is 0 Å². The molecule has 0 amide bonds. The van der Waals surface area contributed by atoms with E-state index in [0.717, 1.165) is 13.6 Å². The molecule has 1 aromatic carbocycles. The standard InChI is InChI=1S/C14H9BrIN3O2/c1-21-14(20)8-2-5-12-17-18-13(19(12)7-8)10-6-9(16)3-4-11(10)15/h2-7H,1H3. The first-order chi connectivity index (χ1) is 10.1. The lowest BCUT2D eigenvalue weighted by Gasteiger charge is -2.05. The molecule has 0 aliphatic heterocycles. The van der Waals surface area contributed by atoms with Gasteiger partial charge in [0.05, 0.1) is 12.7 Å². The Labute approximate surface area is 142 Å². The Hall–Kier alpha value is -1.48. The van der Waals surface area contributed by atoms with Crippen LogP contribution in [-0.4, -0.2) is 27.7 Å². The second-order valence-corrected chi connectivity index (χ2v) is 6.39. The lowest BCUT2D eigenvalue weighted by molar-refractivity contribution is 0.0600. The minimum atomic E-state index is -0.391. The van der Waals surface area contributed by atoms with Gasteiger partial charge in [0, 0.05) is 19.8 Å². The summed E-state index contributed by atoms with van der Waals surface area (Å²) in [4.78, 5) is 11.7. The van der Waals surface area contributed by atoms with Gasteiger partial charge in [-0.25, -0.2) is 4.79 Å². The summed E-state index contributed by atoms with van der Waals surface area (Å²) in [6.45, 7) is 0. The van der Waals surface area contributed by atoms with Crippen LogP contribution in [-0.2, 0) is 4.74 Å².